The highest BCUT2D eigenvalue weighted by atomic mass is 32.2. The summed E-state index contributed by atoms with van der Waals surface area (Å²) >= 11 is 1.21. The first-order valence-electron chi connectivity index (χ1n) is 11.2. The van der Waals surface area contributed by atoms with E-state index in [-0.39, 0.29) is 21.9 Å². The molecule has 0 fully saturated rings. The van der Waals surface area contributed by atoms with E-state index in [1.807, 2.05) is 55.5 Å². The second kappa shape index (κ2) is 10.2. The zero-order valence-electron chi connectivity index (χ0n) is 20.0. The summed E-state index contributed by atoms with van der Waals surface area (Å²) in [5.41, 5.74) is 3.44. The summed E-state index contributed by atoms with van der Waals surface area (Å²) in [4.78, 5) is 41.7. The lowest BCUT2D eigenvalue weighted by Crippen LogP contribution is -2.33. The molecule has 1 N–H and O–H groups in total. The van der Waals surface area contributed by atoms with Gasteiger partial charge in [0.25, 0.3) is 11.8 Å². The topological polar surface area (TPSA) is 75.7 Å². The van der Waals surface area contributed by atoms with E-state index in [0.29, 0.717) is 11.6 Å². The highest BCUT2D eigenvalue weighted by Gasteiger charge is 2.41. The fourth-order valence-electron chi connectivity index (χ4n) is 3.70. The number of esters is 1. The Morgan fingerprint density at radius 3 is 2.20 bits per heavy atom. The van der Waals surface area contributed by atoms with Crippen LogP contribution in [-0.2, 0) is 14.3 Å². The summed E-state index contributed by atoms with van der Waals surface area (Å²) in [5.74, 6) is -1.29. The lowest BCUT2D eigenvalue weighted by atomic mass is 10.0. The Hall–Kier alpha value is -3.84. The molecule has 0 bridgehead atoms. The first-order chi connectivity index (χ1) is 16.8. The first-order valence-corrected chi connectivity index (χ1v) is 12.0. The number of nitrogens with zero attached hydrogens (tertiary/aromatic N) is 1. The van der Waals surface area contributed by atoms with Crippen LogP contribution in [0.25, 0.3) is 0 Å². The van der Waals surface area contributed by atoms with Crippen molar-refractivity contribution >= 4 is 40.9 Å². The van der Waals surface area contributed by atoms with Crippen LogP contribution in [0.15, 0.2) is 88.3 Å². The highest BCUT2D eigenvalue weighted by Crippen LogP contribution is 2.39. The molecule has 0 spiro atoms. The number of methoxy groups -OCH3 is 1. The molecule has 0 atom stereocenters. The van der Waals surface area contributed by atoms with Crippen LogP contribution in [0, 0.1) is 6.92 Å². The van der Waals surface area contributed by atoms with E-state index in [1.165, 1.54) is 30.5 Å². The molecule has 0 saturated heterocycles. The van der Waals surface area contributed by atoms with Crippen molar-refractivity contribution in [3.8, 4) is 0 Å². The minimum atomic E-state index is -0.625. The lowest BCUT2D eigenvalue weighted by molar-refractivity contribution is -0.120. The molecule has 3 aromatic carbocycles. The number of hydrogen-bond acceptors (Lipinski definition) is 6. The molecule has 0 aromatic heterocycles. The minimum Gasteiger partial charge on any atom is -0.465 e. The molecule has 7 heteroatoms. The Balaban J connectivity index is 1.76. The third-order valence-corrected chi connectivity index (χ3v) is 6.77. The molecule has 0 saturated carbocycles. The summed E-state index contributed by atoms with van der Waals surface area (Å²) in [7, 11) is 1.26. The van der Waals surface area contributed by atoms with Crippen molar-refractivity contribution in [2.75, 3.05) is 17.3 Å². The average molecular weight is 487 g/mol. The molecule has 3 aromatic rings. The zero-order chi connectivity index (χ0) is 25.1. The Morgan fingerprint density at radius 2 is 1.57 bits per heavy atom. The number of benzene rings is 3. The number of aryl methyl sites for hydroxylation is 1. The fourth-order valence-corrected chi connectivity index (χ4v) is 4.63. The number of anilines is 2. The quantitative estimate of drug-likeness (QED) is 0.331. The van der Waals surface area contributed by atoms with Gasteiger partial charge in [0.2, 0.25) is 0 Å². The van der Waals surface area contributed by atoms with E-state index in [4.69, 9.17) is 4.74 Å². The summed E-state index contributed by atoms with van der Waals surface area (Å²) in [5, 5.41) is 3.16. The van der Waals surface area contributed by atoms with Crippen LogP contribution in [0.2, 0.25) is 0 Å². The Kier molecular flexibility index (Phi) is 7.07. The predicted molar refractivity (Wildman–Crippen MR) is 138 cm³/mol. The molecule has 1 aliphatic heterocycles. The maximum atomic E-state index is 13.6. The molecule has 0 aliphatic carbocycles. The summed E-state index contributed by atoms with van der Waals surface area (Å²) in [6, 6.07) is 21.9. The monoisotopic (exact) mass is 486 g/mol. The number of amides is 2. The van der Waals surface area contributed by atoms with E-state index < -0.39 is 17.8 Å². The third-order valence-electron chi connectivity index (χ3n) is 5.68. The lowest BCUT2D eigenvalue weighted by Gasteiger charge is -2.18. The number of hydrogen-bond donors (Lipinski definition) is 1. The smallest absolute Gasteiger partial charge is 0.339 e. The van der Waals surface area contributed by atoms with E-state index in [1.54, 1.807) is 18.2 Å². The third kappa shape index (κ3) is 5.00. The summed E-state index contributed by atoms with van der Waals surface area (Å²) < 4.78 is 4.87. The Morgan fingerprint density at radius 1 is 0.914 bits per heavy atom. The second-order valence-electron chi connectivity index (χ2n) is 8.48. The van der Waals surface area contributed by atoms with Gasteiger partial charge in [0.15, 0.2) is 0 Å². The Bertz CT molecular complexity index is 1310. The van der Waals surface area contributed by atoms with E-state index >= 15 is 0 Å². The fraction of sp³-hybridized carbons (Fsp3) is 0.179. The van der Waals surface area contributed by atoms with Crippen molar-refractivity contribution in [2.24, 2.45) is 0 Å². The maximum absolute atomic E-state index is 13.6. The van der Waals surface area contributed by atoms with Crippen molar-refractivity contribution in [3.05, 3.63) is 100 Å². The van der Waals surface area contributed by atoms with E-state index in [2.05, 4.69) is 19.2 Å². The molecule has 178 valence electrons. The van der Waals surface area contributed by atoms with Gasteiger partial charge >= 0.3 is 5.97 Å². The van der Waals surface area contributed by atoms with Gasteiger partial charge in [-0.25, -0.2) is 9.69 Å². The van der Waals surface area contributed by atoms with Gasteiger partial charge in [-0.3, -0.25) is 9.59 Å². The summed E-state index contributed by atoms with van der Waals surface area (Å²) in [6.45, 7) is 6.20. The maximum Gasteiger partial charge on any atom is 0.339 e. The first kappa shape index (κ1) is 24.3. The normalized spacial score (nSPS) is 13.6. The number of imide groups is 1. The summed E-state index contributed by atoms with van der Waals surface area (Å²) in [6.07, 6.45) is 0. The van der Waals surface area contributed by atoms with Gasteiger partial charge in [-0.1, -0.05) is 67.6 Å². The molecule has 2 amide bonds. The Labute approximate surface area is 209 Å². The molecule has 1 aliphatic rings. The van der Waals surface area contributed by atoms with Crippen molar-refractivity contribution < 1.29 is 19.1 Å². The van der Waals surface area contributed by atoms with E-state index in [0.717, 1.165) is 15.4 Å². The predicted octanol–water partition coefficient (Wildman–Crippen LogP) is 5.89. The largest absolute Gasteiger partial charge is 0.465 e. The molecule has 6 nitrogen and oxygen atoms in total. The van der Waals surface area contributed by atoms with Gasteiger partial charge in [-0.05, 0) is 54.8 Å². The van der Waals surface area contributed by atoms with Crippen LogP contribution in [0.4, 0.5) is 11.4 Å². The number of ether oxygens (including phenoxy) is 1. The van der Waals surface area contributed by atoms with Gasteiger partial charge in [0.05, 0.1) is 18.4 Å². The van der Waals surface area contributed by atoms with Crippen LogP contribution < -0.4 is 10.2 Å². The molecular weight excluding hydrogens is 460 g/mol. The number of para-hydroxylation sites is 1. The molecule has 4 rings (SSSR count). The SMILES string of the molecule is COC(=O)c1ccccc1N1C(=O)C(Nc2ccc(C(C)C)cc2)=C(Sc2ccc(C)cc2)C1=O. The van der Waals surface area contributed by atoms with Crippen molar-refractivity contribution in [3.63, 3.8) is 0 Å². The van der Waals surface area contributed by atoms with Gasteiger partial charge in [0.1, 0.15) is 10.6 Å². The van der Waals surface area contributed by atoms with Crippen LogP contribution in [-0.4, -0.2) is 24.9 Å². The van der Waals surface area contributed by atoms with Gasteiger partial charge in [0, 0.05) is 10.6 Å². The van der Waals surface area contributed by atoms with Gasteiger partial charge < -0.3 is 10.1 Å². The van der Waals surface area contributed by atoms with Crippen LogP contribution >= 0.6 is 11.8 Å². The molecule has 0 radical (unpaired) electrons. The number of nitrogens with one attached hydrogen (secondary N) is 1. The van der Waals surface area contributed by atoms with Crippen LogP contribution in [0.1, 0.15) is 41.3 Å². The number of thioether (sulfide) groups is 1. The number of rotatable bonds is 7. The average Bonchev–Trinajstić information content (AvgIpc) is 3.09. The molecule has 35 heavy (non-hydrogen) atoms. The molecule has 1 heterocycles. The second-order valence-corrected chi connectivity index (χ2v) is 9.56. The van der Waals surface area contributed by atoms with E-state index in [9.17, 15) is 14.4 Å². The van der Waals surface area contributed by atoms with Crippen LogP contribution in [0.3, 0.4) is 0 Å². The highest BCUT2D eigenvalue weighted by molar-refractivity contribution is 8.04. The van der Waals surface area contributed by atoms with Crippen molar-refractivity contribution in [1.29, 1.82) is 0 Å². The number of carbonyl (C=O) groups excluding carboxylic acids is 3. The van der Waals surface area contributed by atoms with Crippen LogP contribution in [0.5, 0.6) is 0 Å². The minimum absolute atomic E-state index is 0.138. The van der Waals surface area contributed by atoms with Crippen molar-refractivity contribution in [1.82, 2.24) is 0 Å². The van der Waals surface area contributed by atoms with Crippen molar-refractivity contribution in [2.45, 2.75) is 31.6 Å². The van der Waals surface area contributed by atoms with Gasteiger partial charge in [-0.15, -0.1) is 0 Å². The number of carbonyl (C=O) groups is 3. The standard InChI is InChI=1S/C28H26N2O4S/c1-17(2)19-11-13-20(14-12-19)29-24-25(35-21-15-9-18(3)10-16-21)27(32)30(26(24)31)23-8-6-5-7-22(23)28(33)34-4/h5-17,29H,1-4H3. The van der Waals surface area contributed by atoms with Gasteiger partial charge in [-0.2, -0.15) is 0 Å². The zero-order valence-corrected chi connectivity index (χ0v) is 20.8. The molecule has 0 unspecified atom stereocenters. The molecular formula is C28H26N2O4S.